The molecule has 7 heteroatoms. The van der Waals surface area contributed by atoms with Crippen molar-refractivity contribution in [2.24, 2.45) is 11.8 Å². The summed E-state index contributed by atoms with van der Waals surface area (Å²) in [4.78, 5) is 15.4. The van der Waals surface area contributed by atoms with E-state index in [1.165, 1.54) is 0 Å². The molecule has 2 aromatic rings. The summed E-state index contributed by atoms with van der Waals surface area (Å²) in [6.45, 7) is 7.21. The molecule has 3 rings (SSSR count). The number of hydrogen-bond donors (Lipinski definition) is 1. The standard InChI is InChI=1S/C26H36N2O5/c1-18(2)17-33-25-14-21(9-11-23(25)31-4)27-26(29)20-7-6-12-28(16-20)15-19-8-10-22(30-3)24(13-19)32-5/h8-11,13-14,18,20H,6-7,12,15-17H2,1-5H3,(H,27,29)/t20-/m1/s1. The number of benzene rings is 2. The van der Waals surface area contributed by atoms with Gasteiger partial charge >= 0.3 is 0 Å². The molecule has 1 atom stereocenters. The van der Waals surface area contributed by atoms with Crippen molar-refractivity contribution in [3.63, 3.8) is 0 Å². The highest BCUT2D eigenvalue weighted by Crippen LogP contribution is 2.32. The van der Waals surface area contributed by atoms with Crippen LogP contribution in [0.1, 0.15) is 32.3 Å². The number of methoxy groups -OCH3 is 3. The fourth-order valence-electron chi connectivity index (χ4n) is 4.02. The summed E-state index contributed by atoms with van der Waals surface area (Å²) in [5.74, 6) is 3.10. The molecule has 1 amide bonds. The zero-order valence-electron chi connectivity index (χ0n) is 20.3. The highest BCUT2D eigenvalue weighted by atomic mass is 16.5. The summed E-state index contributed by atoms with van der Waals surface area (Å²) in [5, 5.41) is 3.07. The van der Waals surface area contributed by atoms with Gasteiger partial charge in [0.2, 0.25) is 5.91 Å². The van der Waals surface area contributed by atoms with Crippen LogP contribution in [0.25, 0.3) is 0 Å². The molecule has 0 aliphatic carbocycles. The highest BCUT2D eigenvalue weighted by Gasteiger charge is 2.26. The summed E-state index contributed by atoms with van der Waals surface area (Å²) in [6, 6.07) is 11.5. The van der Waals surface area contributed by atoms with E-state index < -0.39 is 0 Å². The van der Waals surface area contributed by atoms with Gasteiger partial charge in [-0.3, -0.25) is 9.69 Å². The van der Waals surface area contributed by atoms with Crippen LogP contribution in [0, 0.1) is 11.8 Å². The Bertz CT molecular complexity index is 931. The van der Waals surface area contributed by atoms with Gasteiger partial charge in [0.1, 0.15) is 0 Å². The molecule has 7 nitrogen and oxygen atoms in total. The van der Waals surface area contributed by atoms with Crippen molar-refractivity contribution in [2.75, 3.05) is 46.3 Å². The molecule has 0 aromatic heterocycles. The maximum Gasteiger partial charge on any atom is 0.228 e. The molecule has 0 bridgehead atoms. The fourth-order valence-corrected chi connectivity index (χ4v) is 4.02. The Labute approximate surface area is 197 Å². The third-order valence-corrected chi connectivity index (χ3v) is 5.73. The maximum absolute atomic E-state index is 13.0. The van der Waals surface area contributed by atoms with E-state index in [2.05, 4.69) is 24.1 Å². The van der Waals surface area contributed by atoms with Crippen LogP contribution in [0.15, 0.2) is 36.4 Å². The van der Waals surface area contributed by atoms with Gasteiger partial charge in [-0.2, -0.15) is 0 Å². The molecule has 180 valence electrons. The average molecular weight is 457 g/mol. The van der Waals surface area contributed by atoms with Crippen molar-refractivity contribution in [3.05, 3.63) is 42.0 Å². The second-order valence-electron chi connectivity index (χ2n) is 8.82. The molecule has 1 aliphatic rings. The smallest absolute Gasteiger partial charge is 0.228 e. The molecule has 1 heterocycles. The Morgan fingerprint density at radius 3 is 2.39 bits per heavy atom. The van der Waals surface area contributed by atoms with Gasteiger partial charge in [-0.25, -0.2) is 0 Å². The van der Waals surface area contributed by atoms with Crippen LogP contribution in [-0.2, 0) is 11.3 Å². The normalized spacial score (nSPS) is 16.4. The molecule has 1 aliphatic heterocycles. The number of carbonyl (C=O) groups is 1. The van der Waals surface area contributed by atoms with Gasteiger partial charge in [-0.05, 0) is 55.1 Å². The number of anilines is 1. The molecule has 0 radical (unpaired) electrons. The Balaban J connectivity index is 1.62. The summed E-state index contributed by atoms with van der Waals surface area (Å²) in [6.07, 6.45) is 1.86. The first kappa shape index (κ1) is 24.7. The average Bonchev–Trinajstić information content (AvgIpc) is 2.82. The van der Waals surface area contributed by atoms with E-state index in [-0.39, 0.29) is 11.8 Å². The Hall–Kier alpha value is -2.93. The minimum absolute atomic E-state index is 0.0342. The molecule has 2 aromatic carbocycles. The molecule has 1 N–H and O–H groups in total. The number of amides is 1. The number of likely N-dealkylation sites (tertiary alicyclic amines) is 1. The van der Waals surface area contributed by atoms with Gasteiger partial charge in [-0.15, -0.1) is 0 Å². The Morgan fingerprint density at radius 2 is 1.70 bits per heavy atom. The second kappa shape index (κ2) is 11.8. The first-order valence-electron chi connectivity index (χ1n) is 11.5. The minimum Gasteiger partial charge on any atom is -0.493 e. The summed E-state index contributed by atoms with van der Waals surface area (Å²) >= 11 is 0. The lowest BCUT2D eigenvalue weighted by Gasteiger charge is -2.32. The van der Waals surface area contributed by atoms with Crippen molar-refractivity contribution >= 4 is 11.6 Å². The summed E-state index contributed by atoms with van der Waals surface area (Å²) in [5.41, 5.74) is 1.85. The minimum atomic E-state index is -0.0685. The summed E-state index contributed by atoms with van der Waals surface area (Å²) in [7, 11) is 4.89. The van der Waals surface area contributed by atoms with Gasteiger partial charge in [0.05, 0.1) is 33.9 Å². The van der Waals surface area contributed by atoms with Crippen LogP contribution in [0.2, 0.25) is 0 Å². The van der Waals surface area contributed by atoms with Gasteiger partial charge in [-0.1, -0.05) is 19.9 Å². The lowest BCUT2D eigenvalue weighted by atomic mass is 9.96. The van der Waals surface area contributed by atoms with Gasteiger partial charge < -0.3 is 24.3 Å². The van der Waals surface area contributed by atoms with Crippen LogP contribution in [0.3, 0.4) is 0 Å². The number of hydrogen-bond acceptors (Lipinski definition) is 6. The summed E-state index contributed by atoms with van der Waals surface area (Å²) < 4.78 is 22.0. The van der Waals surface area contributed by atoms with Crippen LogP contribution in [0.5, 0.6) is 23.0 Å². The van der Waals surface area contributed by atoms with E-state index in [0.717, 1.165) is 42.9 Å². The zero-order chi connectivity index (χ0) is 23.8. The number of rotatable bonds is 10. The van der Waals surface area contributed by atoms with E-state index in [1.54, 1.807) is 21.3 Å². The van der Waals surface area contributed by atoms with Gasteiger partial charge in [0.25, 0.3) is 0 Å². The van der Waals surface area contributed by atoms with Gasteiger partial charge in [0.15, 0.2) is 23.0 Å². The quantitative estimate of drug-likeness (QED) is 0.564. The van der Waals surface area contributed by atoms with E-state index in [1.807, 2.05) is 36.4 Å². The number of carbonyl (C=O) groups excluding carboxylic acids is 1. The van der Waals surface area contributed by atoms with Crippen molar-refractivity contribution in [1.29, 1.82) is 0 Å². The predicted molar refractivity (Wildman–Crippen MR) is 130 cm³/mol. The van der Waals surface area contributed by atoms with E-state index in [9.17, 15) is 4.79 Å². The van der Waals surface area contributed by atoms with Crippen molar-refractivity contribution in [1.82, 2.24) is 4.90 Å². The van der Waals surface area contributed by atoms with Crippen LogP contribution in [0.4, 0.5) is 5.69 Å². The molecule has 0 saturated carbocycles. The number of nitrogens with zero attached hydrogens (tertiary/aromatic N) is 1. The van der Waals surface area contributed by atoms with Crippen LogP contribution >= 0.6 is 0 Å². The first-order chi connectivity index (χ1) is 15.9. The molecule has 1 saturated heterocycles. The Morgan fingerprint density at radius 1 is 1.00 bits per heavy atom. The monoisotopic (exact) mass is 456 g/mol. The third kappa shape index (κ3) is 6.78. The molecular formula is C26H36N2O5. The van der Waals surface area contributed by atoms with E-state index >= 15 is 0 Å². The molecule has 1 fully saturated rings. The van der Waals surface area contributed by atoms with E-state index in [0.29, 0.717) is 36.3 Å². The van der Waals surface area contributed by atoms with Crippen molar-refractivity contribution in [2.45, 2.75) is 33.2 Å². The van der Waals surface area contributed by atoms with Crippen LogP contribution in [-0.4, -0.2) is 51.8 Å². The zero-order valence-corrected chi connectivity index (χ0v) is 20.3. The fraction of sp³-hybridized carbons (Fsp3) is 0.500. The first-order valence-corrected chi connectivity index (χ1v) is 11.5. The molecule has 0 spiro atoms. The van der Waals surface area contributed by atoms with Crippen molar-refractivity contribution < 1.29 is 23.7 Å². The number of piperidine rings is 1. The molecule has 33 heavy (non-hydrogen) atoms. The predicted octanol–water partition coefficient (Wildman–Crippen LogP) is 4.60. The highest BCUT2D eigenvalue weighted by molar-refractivity contribution is 5.93. The third-order valence-electron chi connectivity index (χ3n) is 5.73. The number of nitrogens with one attached hydrogen (secondary N) is 1. The maximum atomic E-state index is 13.0. The van der Waals surface area contributed by atoms with E-state index in [4.69, 9.17) is 18.9 Å². The molecular weight excluding hydrogens is 420 g/mol. The number of ether oxygens (including phenoxy) is 4. The topological polar surface area (TPSA) is 69.3 Å². The van der Waals surface area contributed by atoms with Crippen molar-refractivity contribution in [3.8, 4) is 23.0 Å². The second-order valence-corrected chi connectivity index (χ2v) is 8.82. The lowest BCUT2D eigenvalue weighted by Crippen LogP contribution is -2.40. The Kier molecular flexibility index (Phi) is 8.83. The molecule has 0 unspecified atom stereocenters. The van der Waals surface area contributed by atoms with Crippen LogP contribution < -0.4 is 24.3 Å². The van der Waals surface area contributed by atoms with Gasteiger partial charge in [0, 0.05) is 24.8 Å². The lowest BCUT2D eigenvalue weighted by molar-refractivity contribution is -0.121. The largest absolute Gasteiger partial charge is 0.493 e. The SMILES string of the molecule is COc1ccc(CN2CCC[C@@H](C(=O)Nc3ccc(OC)c(OCC(C)C)c3)C2)cc1OC.